The molecule has 1 atom stereocenters. The van der Waals surface area contributed by atoms with Gasteiger partial charge in [-0.05, 0) is 84.5 Å². The number of unbranched alkanes of at least 4 members (excludes halogenated alkanes) is 2. The Kier molecular flexibility index (Phi) is 17.0. The highest BCUT2D eigenvalue weighted by Crippen LogP contribution is 2.53. The Bertz CT molecular complexity index is 610. The molecule has 36 heavy (non-hydrogen) atoms. The minimum Gasteiger partial charge on any atom is -0.417 e. The molecule has 0 aromatic carbocycles. The lowest BCUT2D eigenvalue weighted by Crippen LogP contribution is -2.71. The van der Waals surface area contributed by atoms with Gasteiger partial charge in [-0.25, -0.2) is 0 Å². The smallest absolute Gasteiger partial charge is 0.341 e. The van der Waals surface area contributed by atoms with Crippen LogP contribution >= 0.6 is 33.2 Å². The SMILES string of the molecule is C[Si](C)OC(CCCCC[Si](Cl)(Cl)Cl)(O[Si](C)C)C(O[Si](C)C)(O[Si](C)C)C(C)([Si])CO[Si](C)(C)C. The van der Waals surface area contributed by atoms with Crippen molar-refractivity contribution < 1.29 is 22.1 Å². The van der Waals surface area contributed by atoms with Crippen molar-refractivity contribution in [1.82, 2.24) is 0 Å². The molecule has 7 radical (unpaired) electrons. The molecule has 0 bridgehead atoms. The van der Waals surface area contributed by atoms with Crippen LogP contribution in [0.4, 0.5) is 0 Å². The summed E-state index contributed by atoms with van der Waals surface area (Å²) in [5.41, 5.74) is 0. The van der Waals surface area contributed by atoms with Gasteiger partial charge in [0.15, 0.2) is 8.32 Å². The van der Waals surface area contributed by atoms with Gasteiger partial charge in [-0.2, -0.15) is 0 Å². The molecule has 0 amide bonds. The largest absolute Gasteiger partial charge is 0.417 e. The molecule has 1 unspecified atom stereocenters. The molecule has 0 spiro atoms. The molecular weight excluding hydrogens is 635 g/mol. The van der Waals surface area contributed by atoms with Crippen LogP contribution in [0.3, 0.4) is 0 Å². The van der Waals surface area contributed by atoms with E-state index < -0.39 is 67.1 Å². The quantitative estimate of drug-likeness (QED) is 0.0601. The first-order valence-corrected chi connectivity index (χ1v) is 31.3. The number of rotatable bonds is 19. The fourth-order valence-electron chi connectivity index (χ4n) is 3.79. The Morgan fingerprint density at radius 1 is 0.694 bits per heavy atom. The normalized spacial score (nSPS) is 16.0. The molecular formula is C21H48Cl3O5Si7. The van der Waals surface area contributed by atoms with E-state index >= 15 is 0 Å². The molecule has 0 heterocycles. The Morgan fingerprint density at radius 3 is 1.44 bits per heavy atom. The molecule has 0 rings (SSSR count). The Morgan fingerprint density at radius 2 is 1.11 bits per heavy atom. The van der Waals surface area contributed by atoms with Gasteiger partial charge in [-0.1, -0.05) is 19.8 Å². The first-order valence-electron chi connectivity index (χ1n) is 12.5. The highest BCUT2D eigenvalue weighted by atomic mass is 35.8. The number of hydrogen-bond acceptors (Lipinski definition) is 5. The predicted octanol–water partition coefficient (Wildman–Crippen LogP) is 7.86. The second-order valence-corrected chi connectivity index (χ2v) is 34.3. The minimum atomic E-state index is -2.64. The molecule has 0 N–H and O–H groups in total. The van der Waals surface area contributed by atoms with E-state index in [1.165, 1.54) is 0 Å². The zero-order chi connectivity index (χ0) is 28.6. The highest BCUT2D eigenvalue weighted by molar-refractivity contribution is 7.64. The first kappa shape index (κ1) is 38.2. The van der Waals surface area contributed by atoms with Gasteiger partial charge >= 0.3 is 6.00 Å². The van der Waals surface area contributed by atoms with E-state index in [-0.39, 0.29) is 0 Å². The maximum Gasteiger partial charge on any atom is 0.341 e. The molecule has 0 saturated heterocycles. The number of hydrogen-bond donors (Lipinski definition) is 0. The van der Waals surface area contributed by atoms with Crippen LogP contribution in [-0.2, 0) is 22.1 Å². The second-order valence-electron chi connectivity index (χ2n) is 11.3. The number of halogens is 3. The van der Waals surface area contributed by atoms with E-state index in [0.29, 0.717) is 19.1 Å². The van der Waals surface area contributed by atoms with Gasteiger partial charge in [0.25, 0.3) is 0 Å². The summed E-state index contributed by atoms with van der Waals surface area (Å²) in [5, 5.41) is -0.726. The second kappa shape index (κ2) is 16.0. The average molecular weight is 684 g/mol. The Hall–Kier alpha value is 2.19. The maximum absolute atomic E-state index is 6.98. The summed E-state index contributed by atoms with van der Waals surface area (Å²) in [7, 11) is -2.60. The summed E-state index contributed by atoms with van der Waals surface area (Å²) in [6, 6.07) is -2.00. The lowest BCUT2D eigenvalue weighted by atomic mass is 9.88. The van der Waals surface area contributed by atoms with Crippen LogP contribution in [0, 0.1) is 0 Å². The summed E-state index contributed by atoms with van der Waals surface area (Å²) in [4.78, 5) is 0. The van der Waals surface area contributed by atoms with E-state index in [0.717, 1.165) is 19.3 Å². The van der Waals surface area contributed by atoms with Gasteiger partial charge in [0.05, 0.1) is 0 Å². The molecule has 0 aliphatic rings. The van der Waals surface area contributed by atoms with Gasteiger partial charge in [0.2, 0.25) is 47.7 Å². The standard InChI is InChI=1S/C21H48Cl3O5Si7/c1-19(30,18-25-35(10,11)12)21(28-33(6)7,29-34(8)9)20(26-31(2)3,27-32(4)5)16-14-13-15-17-36(22,23)24/h13-18H2,1-12H3. The van der Waals surface area contributed by atoms with Crippen molar-refractivity contribution in [2.75, 3.05) is 6.61 Å². The van der Waals surface area contributed by atoms with Gasteiger partial charge in [0.1, 0.15) is 0 Å². The van der Waals surface area contributed by atoms with Crippen molar-refractivity contribution in [3.8, 4) is 0 Å². The molecule has 5 nitrogen and oxygen atoms in total. The van der Waals surface area contributed by atoms with Crippen LogP contribution in [0.25, 0.3) is 0 Å². The van der Waals surface area contributed by atoms with Crippen LogP contribution in [0.15, 0.2) is 0 Å². The third-order valence-corrected chi connectivity index (χ3v) is 11.9. The van der Waals surface area contributed by atoms with Crippen molar-refractivity contribution in [1.29, 1.82) is 0 Å². The van der Waals surface area contributed by atoms with Crippen LogP contribution in [0.2, 0.25) is 83.1 Å². The summed E-state index contributed by atoms with van der Waals surface area (Å²) < 4.78 is 34.3. The summed E-state index contributed by atoms with van der Waals surface area (Å²) in [6.07, 6.45) is 3.23. The van der Waals surface area contributed by atoms with Crippen molar-refractivity contribution >= 4 is 94.0 Å². The summed E-state index contributed by atoms with van der Waals surface area (Å²) >= 11 is 18.4. The fraction of sp³-hybridized carbons (Fsp3) is 1.00. The molecule has 0 aliphatic heterocycles. The van der Waals surface area contributed by atoms with Gasteiger partial charge < -0.3 is 22.1 Å². The van der Waals surface area contributed by atoms with E-state index in [9.17, 15) is 0 Å². The Labute approximate surface area is 248 Å². The summed E-state index contributed by atoms with van der Waals surface area (Å²) in [5.74, 6) is -2.29. The molecule has 0 aromatic heterocycles. The first-order chi connectivity index (χ1) is 16.1. The van der Waals surface area contributed by atoms with E-state index in [4.69, 9.17) is 55.4 Å². The van der Waals surface area contributed by atoms with Gasteiger partial charge in [-0.3, -0.25) is 0 Å². The lowest BCUT2D eigenvalue weighted by Gasteiger charge is -2.59. The monoisotopic (exact) mass is 681 g/mol. The predicted molar refractivity (Wildman–Crippen MR) is 170 cm³/mol. The zero-order valence-corrected chi connectivity index (χ0v) is 33.7. The Balaban J connectivity index is 6.81. The fourth-order valence-corrected chi connectivity index (χ4v) is 11.1. The van der Waals surface area contributed by atoms with E-state index in [2.05, 4.69) is 89.2 Å². The molecule has 0 aromatic rings. The van der Waals surface area contributed by atoms with Crippen LogP contribution < -0.4 is 0 Å². The van der Waals surface area contributed by atoms with Crippen molar-refractivity contribution in [2.24, 2.45) is 0 Å². The van der Waals surface area contributed by atoms with Gasteiger partial charge in [-0.15, -0.1) is 33.2 Å². The summed E-state index contributed by atoms with van der Waals surface area (Å²) in [6.45, 7) is 26.2. The van der Waals surface area contributed by atoms with E-state index in [1.54, 1.807) is 0 Å². The average Bonchev–Trinajstić information content (AvgIpc) is 2.62. The van der Waals surface area contributed by atoms with Crippen LogP contribution in [-0.4, -0.2) is 78.9 Å². The van der Waals surface area contributed by atoms with Crippen LogP contribution in [0.5, 0.6) is 0 Å². The van der Waals surface area contributed by atoms with E-state index in [1.807, 2.05) is 0 Å². The minimum absolute atomic E-state index is 0.419. The lowest BCUT2D eigenvalue weighted by molar-refractivity contribution is -0.334. The zero-order valence-electron chi connectivity index (χ0n) is 24.4. The van der Waals surface area contributed by atoms with Crippen LogP contribution in [0.1, 0.15) is 32.6 Å². The highest BCUT2D eigenvalue weighted by Gasteiger charge is 2.65. The van der Waals surface area contributed by atoms with Crippen molar-refractivity contribution in [3.63, 3.8) is 0 Å². The molecule has 15 heteroatoms. The third-order valence-electron chi connectivity index (χ3n) is 4.92. The molecule has 211 valence electrons. The molecule has 0 aliphatic carbocycles. The molecule has 0 saturated carbocycles. The van der Waals surface area contributed by atoms with Gasteiger partial charge in [0, 0.05) is 28.3 Å². The molecule has 0 fully saturated rings. The topological polar surface area (TPSA) is 46.2 Å². The third kappa shape index (κ3) is 13.7. The van der Waals surface area contributed by atoms with Crippen molar-refractivity contribution in [2.45, 2.75) is 127 Å². The maximum atomic E-state index is 6.98. The van der Waals surface area contributed by atoms with Crippen molar-refractivity contribution in [3.05, 3.63) is 0 Å².